The molecule has 3 nitrogen and oxygen atoms in total. The predicted molar refractivity (Wildman–Crippen MR) is 65.2 cm³/mol. The van der Waals surface area contributed by atoms with Gasteiger partial charge < -0.3 is 15.2 Å². The van der Waals surface area contributed by atoms with Crippen LogP contribution in [0.25, 0.3) is 0 Å². The van der Waals surface area contributed by atoms with Crippen LogP contribution >= 0.6 is 0 Å². The minimum absolute atomic E-state index is 0.0261. The molecule has 0 aliphatic carbocycles. The zero-order valence-electron chi connectivity index (χ0n) is 10.1. The van der Waals surface area contributed by atoms with Crippen LogP contribution < -0.4 is 5.73 Å². The molecule has 0 saturated heterocycles. The third-order valence-electron chi connectivity index (χ3n) is 2.16. The lowest BCUT2D eigenvalue weighted by Gasteiger charge is -2.13. The molecule has 0 radical (unpaired) electrons. The summed E-state index contributed by atoms with van der Waals surface area (Å²) in [5, 5.41) is 0. The topological polar surface area (TPSA) is 44.5 Å². The molecule has 0 saturated carbocycles. The molecular formula is C13H21NO2. The van der Waals surface area contributed by atoms with E-state index in [9.17, 15) is 0 Å². The molecule has 1 aromatic carbocycles. The average Bonchev–Trinajstić information content (AvgIpc) is 2.25. The lowest BCUT2D eigenvalue weighted by atomic mass is 10.1. The predicted octanol–water partition coefficient (Wildman–Crippen LogP) is 1.96. The van der Waals surface area contributed by atoms with E-state index in [-0.39, 0.29) is 12.1 Å². The summed E-state index contributed by atoms with van der Waals surface area (Å²) in [6, 6.07) is 10.2. The van der Waals surface area contributed by atoms with Gasteiger partial charge in [-0.1, -0.05) is 30.3 Å². The highest BCUT2D eigenvalue weighted by Crippen LogP contribution is 2.02. The van der Waals surface area contributed by atoms with Crippen LogP contribution in [0.4, 0.5) is 0 Å². The Morgan fingerprint density at radius 2 is 1.88 bits per heavy atom. The quantitative estimate of drug-likeness (QED) is 0.567. The molecule has 0 aromatic heterocycles. The van der Waals surface area contributed by atoms with Gasteiger partial charge in [0.2, 0.25) is 0 Å². The first-order chi connectivity index (χ1) is 7.68. The van der Waals surface area contributed by atoms with Crippen molar-refractivity contribution in [1.29, 1.82) is 0 Å². The van der Waals surface area contributed by atoms with E-state index < -0.39 is 0 Å². The molecule has 3 heteroatoms. The zero-order valence-corrected chi connectivity index (χ0v) is 10.1. The average molecular weight is 223 g/mol. The molecular weight excluding hydrogens is 202 g/mol. The second-order valence-corrected chi connectivity index (χ2v) is 4.15. The summed E-state index contributed by atoms with van der Waals surface area (Å²) in [7, 11) is 0. The lowest BCUT2D eigenvalue weighted by molar-refractivity contribution is -0.0813. The Labute approximate surface area is 97.6 Å². The molecule has 0 heterocycles. The van der Waals surface area contributed by atoms with Crippen molar-refractivity contribution < 1.29 is 9.47 Å². The van der Waals surface area contributed by atoms with Crippen LogP contribution in [0.15, 0.2) is 30.3 Å². The van der Waals surface area contributed by atoms with E-state index >= 15 is 0 Å². The van der Waals surface area contributed by atoms with Gasteiger partial charge in [0.15, 0.2) is 0 Å². The fraction of sp³-hybridized carbons (Fsp3) is 0.538. The van der Waals surface area contributed by atoms with Crippen LogP contribution in [-0.4, -0.2) is 25.5 Å². The van der Waals surface area contributed by atoms with Gasteiger partial charge in [0.05, 0.1) is 12.7 Å². The first-order valence-electron chi connectivity index (χ1n) is 5.67. The van der Waals surface area contributed by atoms with Crippen LogP contribution in [0.2, 0.25) is 0 Å². The number of benzene rings is 1. The van der Waals surface area contributed by atoms with Gasteiger partial charge in [-0.15, -0.1) is 0 Å². The van der Waals surface area contributed by atoms with Crippen molar-refractivity contribution in [3.8, 4) is 0 Å². The van der Waals surface area contributed by atoms with E-state index in [2.05, 4.69) is 12.1 Å². The highest BCUT2D eigenvalue weighted by atomic mass is 16.7. The van der Waals surface area contributed by atoms with Crippen molar-refractivity contribution >= 4 is 0 Å². The summed E-state index contributed by atoms with van der Waals surface area (Å²) in [5.41, 5.74) is 7.18. The van der Waals surface area contributed by atoms with Crippen molar-refractivity contribution in [3.63, 3.8) is 0 Å². The first kappa shape index (κ1) is 13.2. The Hall–Kier alpha value is -0.900. The highest BCUT2D eigenvalue weighted by Gasteiger charge is 2.04. The molecule has 1 atom stereocenters. The van der Waals surface area contributed by atoms with Crippen LogP contribution in [0.5, 0.6) is 0 Å². The molecule has 90 valence electrons. The van der Waals surface area contributed by atoms with E-state index in [0.29, 0.717) is 13.4 Å². The van der Waals surface area contributed by atoms with Gasteiger partial charge >= 0.3 is 0 Å². The van der Waals surface area contributed by atoms with Gasteiger partial charge in [0.1, 0.15) is 6.79 Å². The number of hydrogen-bond acceptors (Lipinski definition) is 3. The van der Waals surface area contributed by atoms with Crippen molar-refractivity contribution in [2.24, 2.45) is 5.73 Å². The Balaban J connectivity index is 2.14. The molecule has 0 fully saturated rings. The van der Waals surface area contributed by atoms with Crippen molar-refractivity contribution in [1.82, 2.24) is 0 Å². The minimum atomic E-state index is 0.0261. The third kappa shape index (κ3) is 5.85. The van der Waals surface area contributed by atoms with Crippen molar-refractivity contribution in [3.05, 3.63) is 35.9 Å². The monoisotopic (exact) mass is 223 g/mol. The Morgan fingerprint density at radius 1 is 1.19 bits per heavy atom. The largest absolute Gasteiger partial charge is 0.354 e. The molecule has 2 N–H and O–H groups in total. The third-order valence-corrected chi connectivity index (χ3v) is 2.16. The molecule has 1 unspecified atom stereocenters. The highest BCUT2D eigenvalue weighted by molar-refractivity contribution is 5.15. The van der Waals surface area contributed by atoms with Gasteiger partial charge in [-0.3, -0.25) is 0 Å². The molecule has 0 aliphatic rings. The van der Waals surface area contributed by atoms with Crippen LogP contribution in [0.1, 0.15) is 19.4 Å². The SMILES string of the molecule is CC(C)OCOCC(N)Cc1ccccc1. The lowest BCUT2D eigenvalue weighted by Crippen LogP contribution is -2.29. The number of nitrogens with two attached hydrogens (primary N) is 1. The van der Waals surface area contributed by atoms with Gasteiger partial charge in [-0.2, -0.15) is 0 Å². The van der Waals surface area contributed by atoms with Gasteiger partial charge in [0.25, 0.3) is 0 Å². The number of ether oxygens (including phenoxy) is 2. The molecule has 0 bridgehead atoms. The maximum atomic E-state index is 5.94. The maximum absolute atomic E-state index is 5.94. The maximum Gasteiger partial charge on any atom is 0.147 e. The smallest absolute Gasteiger partial charge is 0.147 e. The summed E-state index contributed by atoms with van der Waals surface area (Å²) in [5.74, 6) is 0. The number of rotatable bonds is 7. The van der Waals surface area contributed by atoms with E-state index in [1.54, 1.807) is 0 Å². The van der Waals surface area contributed by atoms with Crippen LogP contribution in [0, 0.1) is 0 Å². The van der Waals surface area contributed by atoms with Crippen LogP contribution in [0.3, 0.4) is 0 Å². The van der Waals surface area contributed by atoms with E-state index in [0.717, 1.165) is 6.42 Å². The fourth-order valence-corrected chi connectivity index (χ4v) is 1.36. The standard InChI is InChI=1S/C13H21NO2/c1-11(2)16-10-15-9-13(14)8-12-6-4-3-5-7-12/h3-7,11,13H,8-10,14H2,1-2H3. The molecule has 16 heavy (non-hydrogen) atoms. The normalized spacial score (nSPS) is 13.0. The van der Waals surface area contributed by atoms with Crippen molar-refractivity contribution in [2.75, 3.05) is 13.4 Å². The van der Waals surface area contributed by atoms with Crippen LogP contribution in [-0.2, 0) is 15.9 Å². The van der Waals surface area contributed by atoms with E-state index in [1.807, 2.05) is 32.0 Å². The van der Waals surface area contributed by atoms with Crippen molar-refractivity contribution in [2.45, 2.75) is 32.4 Å². The molecule has 0 spiro atoms. The molecule has 0 aliphatic heterocycles. The van der Waals surface area contributed by atoms with Gasteiger partial charge in [-0.05, 0) is 25.8 Å². The number of hydrogen-bond donors (Lipinski definition) is 1. The molecule has 1 aromatic rings. The van der Waals surface area contributed by atoms with Gasteiger partial charge in [0, 0.05) is 6.04 Å². The summed E-state index contributed by atoms with van der Waals surface area (Å²) >= 11 is 0. The van der Waals surface area contributed by atoms with Gasteiger partial charge in [-0.25, -0.2) is 0 Å². The minimum Gasteiger partial charge on any atom is -0.354 e. The van der Waals surface area contributed by atoms with E-state index in [4.69, 9.17) is 15.2 Å². The first-order valence-corrected chi connectivity index (χ1v) is 5.67. The summed E-state index contributed by atoms with van der Waals surface area (Å²) in [6.07, 6.45) is 1.04. The second-order valence-electron chi connectivity index (χ2n) is 4.15. The Bertz CT molecular complexity index is 275. The second kappa shape index (κ2) is 7.39. The molecule has 0 amide bonds. The molecule has 1 rings (SSSR count). The Kier molecular flexibility index (Phi) is 6.08. The Morgan fingerprint density at radius 3 is 2.50 bits per heavy atom. The summed E-state index contributed by atoms with van der Waals surface area (Å²) in [6.45, 7) is 4.81. The van der Waals surface area contributed by atoms with E-state index in [1.165, 1.54) is 5.56 Å². The fourth-order valence-electron chi connectivity index (χ4n) is 1.36. The summed E-state index contributed by atoms with van der Waals surface area (Å²) < 4.78 is 10.6. The zero-order chi connectivity index (χ0) is 11.8. The summed E-state index contributed by atoms with van der Waals surface area (Å²) in [4.78, 5) is 0.